The first-order chi connectivity index (χ1) is 5.20. The number of hydrogen-bond donors (Lipinski definition) is 2. The van der Waals surface area contributed by atoms with E-state index in [2.05, 4.69) is 0 Å². The summed E-state index contributed by atoms with van der Waals surface area (Å²) in [5.41, 5.74) is 10.6. The molecule has 0 aromatic rings. The molecule has 1 saturated carbocycles. The van der Waals surface area contributed by atoms with E-state index in [-0.39, 0.29) is 12.1 Å². The summed E-state index contributed by atoms with van der Waals surface area (Å²) < 4.78 is 4.82. The van der Waals surface area contributed by atoms with Crippen LogP contribution in [0.2, 0.25) is 0 Å². The highest BCUT2D eigenvalue weighted by Crippen LogP contribution is 2.19. The first-order valence-electron chi connectivity index (χ1n) is 3.92. The van der Waals surface area contributed by atoms with Crippen LogP contribution in [0.25, 0.3) is 0 Å². The van der Waals surface area contributed by atoms with E-state index in [0.29, 0.717) is 0 Å². The number of carbonyl (C=O) groups excluding carboxylic acids is 1. The Morgan fingerprint density at radius 1 is 1.36 bits per heavy atom. The first kappa shape index (κ1) is 8.33. The lowest BCUT2D eigenvalue weighted by Crippen LogP contribution is -2.41. The molecule has 1 aliphatic carbocycles. The summed E-state index contributed by atoms with van der Waals surface area (Å²) >= 11 is 0. The molecule has 0 bridgehead atoms. The van der Waals surface area contributed by atoms with Crippen molar-refractivity contribution in [2.75, 3.05) is 0 Å². The number of amides is 1. The van der Waals surface area contributed by atoms with Crippen LogP contribution in [-0.4, -0.2) is 18.2 Å². The molecule has 0 aromatic carbocycles. The van der Waals surface area contributed by atoms with Gasteiger partial charge in [-0.25, -0.2) is 4.79 Å². The Bertz CT molecular complexity index is 149. The van der Waals surface area contributed by atoms with E-state index in [0.717, 1.165) is 25.7 Å². The molecule has 4 heteroatoms. The minimum atomic E-state index is -0.715. The molecule has 2 unspecified atom stereocenters. The van der Waals surface area contributed by atoms with E-state index in [4.69, 9.17) is 16.2 Å². The van der Waals surface area contributed by atoms with Gasteiger partial charge in [0.2, 0.25) is 0 Å². The minimum Gasteiger partial charge on any atom is -0.445 e. The predicted molar refractivity (Wildman–Crippen MR) is 40.9 cm³/mol. The van der Waals surface area contributed by atoms with Crippen molar-refractivity contribution >= 4 is 6.09 Å². The second kappa shape index (κ2) is 3.57. The third-order valence-electron chi connectivity index (χ3n) is 2.02. The molecule has 1 aliphatic rings. The van der Waals surface area contributed by atoms with Gasteiger partial charge in [-0.15, -0.1) is 0 Å². The van der Waals surface area contributed by atoms with Crippen LogP contribution >= 0.6 is 0 Å². The Kier molecular flexibility index (Phi) is 2.70. The highest BCUT2D eigenvalue weighted by molar-refractivity contribution is 5.64. The summed E-state index contributed by atoms with van der Waals surface area (Å²) in [6, 6.07) is -0.0174. The van der Waals surface area contributed by atoms with E-state index < -0.39 is 6.09 Å². The molecule has 1 amide bonds. The van der Waals surface area contributed by atoms with Crippen LogP contribution in [0.5, 0.6) is 0 Å². The molecule has 1 fully saturated rings. The summed E-state index contributed by atoms with van der Waals surface area (Å²) in [5, 5.41) is 0. The van der Waals surface area contributed by atoms with Gasteiger partial charge in [0.1, 0.15) is 6.10 Å². The van der Waals surface area contributed by atoms with E-state index >= 15 is 0 Å². The normalized spacial score (nSPS) is 31.4. The Morgan fingerprint density at radius 3 is 2.55 bits per heavy atom. The molecule has 0 spiro atoms. The largest absolute Gasteiger partial charge is 0.445 e. The summed E-state index contributed by atoms with van der Waals surface area (Å²) in [6.45, 7) is 0. The number of carbonyl (C=O) groups is 1. The fourth-order valence-electron chi connectivity index (χ4n) is 1.42. The smallest absolute Gasteiger partial charge is 0.404 e. The highest BCUT2D eigenvalue weighted by Gasteiger charge is 2.24. The van der Waals surface area contributed by atoms with Gasteiger partial charge in [0.15, 0.2) is 0 Å². The second-order valence-electron chi connectivity index (χ2n) is 2.92. The van der Waals surface area contributed by atoms with E-state index in [9.17, 15) is 4.79 Å². The molecule has 4 nitrogen and oxygen atoms in total. The lowest BCUT2D eigenvalue weighted by molar-refractivity contribution is 0.0695. The topological polar surface area (TPSA) is 78.3 Å². The third kappa shape index (κ3) is 2.38. The van der Waals surface area contributed by atoms with Crippen molar-refractivity contribution in [1.29, 1.82) is 0 Å². The standard InChI is InChI=1S/C7H14N2O2/c8-5-3-1-2-4-6(5)11-7(9)10/h5-6H,1-4,8H2,(H2,9,10). The molecule has 0 saturated heterocycles. The number of rotatable bonds is 1. The van der Waals surface area contributed by atoms with Crippen molar-refractivity contribution in [3.05, 3.63) is 0 Å². The Labute approximate surface area is 65.9 Å². The first-order valence-corrected chi connectivity index (χ1v) is 3.92. The highest BCUT2D eigenvalue weighted by atomic mass is 16.6. The van der Waals surface area contributed by atoms with E-state index in [1.807, 2.05) is 0 Å². The van der Waals surface area contributed by atoms with Crippen LogP contribution in [-0.2, 0) is 4.74 Å². The molecule has 0 radical (unpaired) electrons. The van der Waals surface area contributed by atoms with Crippen LogP contribution < -0.4 is 11.5 Å². The maximum Gasteiger partial charge on any atom is 0.404 e. The maximum atomic E-state index is 10.4. The summed E-state index contributed by atoms with van der Waals surface area (Å²) in [6.07, 6.45) is 3.11. The molecule has 11 heavy (non-hydrogen) atoms. The third-order valence-corrected chi connectivity index (χ3v) is 2.02. The van der Waals surface area contributed by atoms with Crippen molar-refractivity contribution in [3.63, 3.8) is 0 Å². The van der Waals surface area contributed by atoms with Gasteiger partial charge in [0.25, 0.3) is 0 Å². The molecule has 4 N–H and O–H groups in total. The van der Waals surface area contributed by atoms with Crippen molar-refractivity contribution in [1.82, 2.24) is 0 Å². The van der Waals surface area contributed by atoms with Gasteiger partial charge < -0.3 is 16.2 Å². The fraction of sp³-hybridized carbons (Fsp3) is 0.857. The fourth-order valence-corrected chi connectivity index (χ4v) is 1.42. The summed E-state index contributed by atoms with van der Waals surface area (Å²) in [4.78, 5) is 10.4. The number of hydrogen-bond acceptors (Lipinski definition) is 3. The van der Waals surface area contributed by atoms with Crippen LogP contribution in [0.15, 0.2) is 0 Å². The van der Waals surface area contributed by atoms with Crippen molar-refractivity contribution in [2.24, 2.45) is 11.5 Å². The monoisotopic (exact) mass is 158 g/mol. The molecular formula is C7H14N2O2. The lowest BCUT2D eigenvalue weighted by atomic mass is 9.93. The molecule has 0 aromatic heterocycles. The zero-order valence-electron chi connectivity index (χ0n) is 6.45. The van der Waals surface area contributed by atoms with Gasteiger partial charge in [0, 0.05) is 6.04 Å². The zero-order valence-corrected chi connectivity index (χ0v) is 6.45. The molecule has 1 rings (SSSR count). The van der Waals surface area contributed by atoms with Crippen LogP contribution in [0.1, 0.15) is 25.7 Å². The molecule has 0 aliphatic heterocycles. The quantitative estimate of drug-likeness (QED) is 0.578. The minimum absolute atomic E-state index is 0.0174. The van der Waals surface area contributed by atoms with Gasteiger partial charge in [-0.05, 0) is 19.3 Å². The van der Waals surface area contributed by atoms with Gasteiger partial charge in [-0.3, -0.25) is 0 Å². The average Bonchev–Trinajstić information content (AvgIpc) is 1.93. The zero-order chi connectivity index (χ0) is 8.27. The summed E-state index contributed by atoms with van der Waals surface area (Å²) in [7, 11) is 0. The number of primary amides is 1. The Hall–Kier alpha value is -0.770. The molecule has 2 atom stereocenters. The van der Waals surface area contributed by atoms with Crippen molar-refractivity contribution < 1.29 is 9.53 Å². The number of ether oxygens (including phenoxy) is 1. The average molecular weight is 158 g/mol. The lowest BCUT2D eigenvalue weighted by Gasteiger charge is -2.27. The second-order valence-corrected chi connectivity index (χ2v) is 2.92. The van der Waals surface area contributed by atoms with Crippen LogP contribution in [0.3, 0.4) is 0 Å². The maximum absolute atomic E-state index is 10.4. The molecule has 64 valence electrons. The van der Waals surface area contributed by atoms with E-state index in [1.165, 1.54) is 0 Å². The van der Waals surface area contributed by atoms with Crippen molar-refractivity contribution in [3.8, 4) is 0 Å². The Morgan fingerprint density at radius 2 is 2.00 bits per heavy atom. The Balaban J connectivity index is 2.35. The van der Waals surface area contributed by atoms with Gasteiger partial charge in [-0.2, -0.15) is 0 Å². The van der Waals surface area contributed by atoms with Gasteiger partial charge >= 0.3 is 6.09 Å². The van der Waals surface area contributed by atoms with Crippen molar-refractivity contribution in [2.45, 2.75) is 37.8 Å². The SMILES string of the molecule is NC(=O)OC1CCCCC1N. The summed E-state index contributed by atoms with van der Waals surface area (Å²) in [5.74, 6) is 0. The number of nitrogens with two attached hydrogens (primary N) is 2. The molecule has 0 heterocycles. The van der Waals surface area contributed by atoms with Crippen LogP contribution in [0, 0.1) is 0 Å². The van der Waals surface area contributed by atoms with E-state index in [1.54, 1.807) is 0 Å². The van der Waals surface area contributed by atoms with Gasteiger partial charge in [-0.1, -0.05) is 6.42 Å². The van der Waals surface area contributed by atoms with Gasteiger partial charge in [0.05, 0.1) is 0 Å². The molecular weight excluding hydrogens is 144 g/mol. The van der Waals surface area contributed by atoms with Crippen LogP contribution in [0.4, 0.5) is 4.79 Å². The predicted octanol–water partition coefficient (Wildman–Crippen LogP) is 0.352.